The van der Waals surface area contributed by atoms with Crippen molar-refractivity contribution in [3.63, 3.8) is 0 Å². The van der Waals surface area contributed by atoms with Gasteiger partial charge in [-0.2, -0.15) is 22.0 Å². The van der Waals surface area contributed by atoms with Crippen molar-refractivity contribution < 1.29 is 36.3 Å². The molecule has 0 spiro atoms. The average Bonchev–Trinajstić information content (AvgIpc) is 2.86. The maximum absolute atomic E-state index is 13.2. The first-order valence-electron chi connectivity index (χ1n) is 10.3. The number of nitrogens with one attached hydrogen (secondary N) is 1. The molecule has 176 valence electrons. The van der Waals surface area contributed by atoms with Gasteiger partial charge in [0.25, 0.3) is 0 Å². The van der Waals surface area contributed by atoms with Crippen LogP contribution in [-0.2, 0) is 14.4 Å². The molecule has 1 amide bonds. The van der Waals surface area contributed by atoms with Crippen LogP contribution in [-0.4, -0.2) is 29.6 Å². The van der Waals surface area contributed by atoms with Crippen LogP contribution in [0.5, 0.6) is 0 Å². The van der Waals surface area contributed by atoms with E-state index in [1.165, 1.54) is 13.8 Å². The van der Waals surface area contributed by atoms with E-state index >= 15 is 0 Å². The second-order valence-corrected chi connectivity index (χ2v) is 8.55. The van der Waals surface area contributed by atoms with Crippen molar-refractivity contribution in [2.75, 3.05) is 5.32 Å². The van der Waals surface area contributed by atoms with Gasteiger partial charge in [-0.25, -0.2) is 0 Å². The molecule has 1 unspecified atom stereocenters. The highest BCUT2D eigenvalue weighted by atomic mass is 19.4. The molecular formula is C24H22F5NO3. The standard InChI is InChI=1S/C24H22F5NO3/c1-22(2,19(31)11-12-23(25,26)24(27,28)29)20(32)13-17-15-8-4-3-7-14(15)16-9-5-6-10-18(16)30-21(17)33/h3-10,17H,11-13H2,1-2H3,(H,30,33). The number of hydrogen-bond donors (Lipinski definition) is 1. The third kappa shape index (κ3) is 4.82. The summed E-state index contributed by atoms with van der Waals surface area (Å²) in [4.78, 5) is 38.5. The van der Waals surface area contributed by atoms with E-state index in [9.17, 15) is 36.3 Å². The van der Waals surface area contributed by atoms with E-state index < -0.39 is 60.2 Å². The van der Waals surface area contributed by atoms with E-state index in [1.807, 2.05) is 6.07 Å². The first kappa shape index (κ1) is 24.5. The predicted octanol–water partition coefficient (Wildman–Crippen LogP) is 5.92. The normalized spacial score (nSPS) is 16.3. The second-order valence-electron chi connectivity index (χ2n) is 8.55. The molecule has 4 nitrogen and oxygen atoms in total. The molecule has 0 saturated carbocycles. The number of hydrogen-bond acceptors (Lipinski definition) is 3. The Morgan fingerprint density at radius 1 is 0.879 bits per heavy atom. The number of para-hydroxylation sites is 1. The lowest BCUT2D eigenvalue weighted by molar-refractivity contribution is -0.284. The molecule has 0 aromatic heterocycles. The molecule has 0 aliphatic carbocycles. The van der Waals surface area contributed by atoms with Crippen LogP contribution in [0.3, 0.4) is 0 Å². The van der Waals surface area contributed by atoms with Gasteiger partial charge in [-0.1, -0.05) is 42.5 Å². The molecule has 0 bridgehead atoms. The average molecular weight is 467 g/mol. The molecule has 9 heteroatoms. The number of benzene rings is 2. The smallest absolute Gasteiger partial charge is 0.325 e. The third-order valence-electron chi connectivity index (χ3n) is 5.99. The highest BCUT2D eigenvalue weighted by Gasteiger charge is 2.57. The van der Waals surface area contributed by atoms with Gasteiger partial charge in [0.2, 0.25) is 5.91 Å². The number of alkyl halides is 5. The fourth-order valence-corrected chi connectivity index (χ4v) is 3.76. The van der Waals surface area contributed by atoms with E-state index in [4.69, 9.17) is 0 Å². The van der Waals surface area contributed by atoms with Crippen molar-refractivity contribution in [3.05, 3.63) is 54.1 Å². The Hall–Kier alpha value is -3.10. The first-order chi connectivity index (χ1) is 15.3. The molecule has 0 fully saturated rings. The maximum atomic E-state index is 13.2. The molecule has 1 aliphatic rings. The Labute approximate surface area is 187 Å². The fraction of sp³-hybridized carbons (Fsp3) is 0.375. The Balaban J connectivity index is 1.83. The monoisotopic (exact) mass is 467 g/mol. The number of amides is 1. The van der Waals surface area contributed by atoms with E-state index in [-0.39, 0.29) is 0 Å². The summed E-state index contributed by atoms with van der Waals surface area (Å²) < 4.78 is 63.7. The van der Waals surface area contributed by atoms with Crippen molar-refractivity contribution in [1.82, 2.24) is 0 Å². The minimum absolute atomic E-state index is 0.411. The van der Waals surface area contributed by atoms with Gasteiger partial charge in [0.05, 0.1) is 11.3 Å². The van der Waals surface area contributed by atoms with Gasteiger partial charge in [0, 0.05) is 30.5 Å². The maximum Gasteiger partial charge on any atom is 0.453 e. The molecule has 2 aromatic carbocycles. The summed E-state index contributed by atoms with van der Waals surface area (Å²) in [6, 6.07) is 14.0. The van der Waals surface area contributed by atoms with Gasteiger partial charge in [-0.15, -0.1) is 0 Å². The van der Waals surface area contributed by atoms with Gasteiger partial charge in [0.15, 0.2) is 0 Å². The number of halogens is 5. The zero-order chi connectivity index (χ0) is 24.6. The fourth-order valence-electron chi connectivity index (χ4n) is 3.76. The predicted molar refractivity (Wildman–Crippen MR) is 112 cm³/mol. The van der Waals surface area contributed by atoms with Crippen LogP contribution < -0.4 is 5.32 Å². The minimum atomic E-state index is -5.78. The molecule has 1 heterocycles. The summed E-state index contributed by atoms with van der Waals surface area (Å²) in [5, 5.41) is 2.77. The zero-order valence-corrected chi connectivity index (χ0v) is 17.9. The number of carbonyl (C=O) groups is 3. The Kier molecular flexibility index (Phi) is 6.46. The lowest BCUT2D eigenvalue weighted by Crippen LogP contribution is -2.40. The van der Waals surface area contributed by atoms with E-state index in [0.29, 0.717) is 11.3 Å². The third-order valence-corrected chi connectivity index (χ3v) is 5.99. The highest BCUT2D eigenvalue weighted by molar-refractivity contribution is 6.10. The quantitative estimate of drug-likeness (QED) is 0.406. The number of carbonyl (C=O) groups excluding carboxylic acids is 3. The molecular weight excluding hydrogens is 445 g/mol. The topological polar surface area (TPSA) is 63.2 Å². The molecule has 0 saturated heterocycles. The molecule has 33 heavy (non-hydrogen) atoms. The molecule has 1 atom stereocenters. The van der Waals surface area contributed by atoms with Gasteiger partial charge >= 0.3 is 12.1 Å². The van der Waals surface area contributed by atoms with Crippen LogP contribution in [0.4, 0.5) is 27.6 Å². The molecule has 0 radical (unpaired) electrons. The Bertz CT molecular complexity index is 1090. The summed E-state index contributed by atoms with van der Waals surface area (Å²) in [7, 11) is 0. The number of ketones is 2. The second kappa shape index (κ2) is 8.68. The molecule has 2 aromatic rings. The largest absolute Gasteiger partial charge is 0.453 e. The van der Waals surface area contributed by atoms with E-state index in [1.54, 1.807) is 42.5 Å². The van der Waals surface area contributed by atoms with E-state index in [2.05, 4.69) is 5.32 Å². The number of Topliss-reactive ketones (excluding diaryl/α,β-unsaturated/α-hetero) is 2. The number of fused-ring (bicyclic) bond motifs is 3. The number of rotatable bonds is 7. The van der Waals surface area contributed by atoms with Crippen molar-refractivity contribution in [3.8, 4) is 11.1 Å². The summed E-state index contributed by atoms with van der Waals surface area (Å²) in [5.41, 5.74) is 0.741. The SMILES string of the molecule is CC(C)(C(=O)CCC(F)(F)C(F)(F)F)C(=O)CC1C(=O)Nc2ccccc2-c2ccccc21. The van der Waals surface area contributed by atoms with Crippen LogP contribution >= 0.6 is 0 Å². The number of anilines is 1. The van der Waals surface area contributed by atoms with Crippen molar-refractivity contribution in [2.45, 2.75) is 51.1 Å². The van der Waals surface area contributed by atoms with Crippen LogP contribution in [0.1, 0.15) is 44.6 Å². The van der Waals surface area contributed by atoms with Crippen LogP contribution in [0.15, 0.2) is 48.5 Å². The minimum Gasteiger partial charge on any atom is -0.325 e. The molecule has 1 aliphatic heterocycles. The van der Waals surface area contributed by atoms with Crippen molar-refractivity contribution in [1.29, 1.82) is 0 Å². The van der Waals surface area contributed by atoms with Crippen molar-refractivity contribution in [2.24, 2.45) is 5.41 Å². The lowest BCUT2D eigenvalue weighted by Gasteiger charge is -2.26. The zero-order valence-electron chi connectivity index (χ0n) is 17.9. The van der Waals surface area contributed by atoms with Gasteiger partial charge in [-0.05, 0) is 31.0 Å². The Morgan fingerprint density at radius 2 is 1.45 bits per heavy atom. The van der Waals surface area contributed by atoms with E-state index in [0.717, 1.165) is 11.1 Å². The van der Waals surface area contributed by atoms with Gasteiger partial charge in [-0.3, -0.25) is 14.4 Å². The molecule has 3 rings (SSSR count). The van der Waals surface area contributed by atoms with Crippen LogP contribution in [0.25, 0.3) is 11.1 Å². The van der Waals surface area contributed by atoms with Crippen molar-refractivity contribution >= 4 is 23.2 Å². The summed E-state index contributed by atoms with van der Waals surface area (Å²) in [5.74, 6) is -8.24. The summed E-state index contributed by atoms with van der Waals surface area (Å²) in [6.07, 6.45) is -9.05. The lowest BCUT2D eigenvalue weighted by atomic mass is 9.76. The first-order valence-corrected chi connectivity index (χ1v) is 10.3. The van der Waals surface area contributed by atoms with Gasteiger partial charge in [0.1, 0.15) is 11.6 Å². The molecule has 1 N–H and O–H groups in total. The summed E-state index contributed by atoms with van der Waals surface area (Å²) in [6.45, 7) is 2.36. The Morgan fingerprint density at radius 3 is 2.09 bits per heavy atom. The summed E-state index contributed by atoms with van der Waals surface area (Å²) >= 11 is 0. The van der Waals surface area contributed by atoms with Crippen LogP contribution in [0, 0.1) is 5.41 Å². The van der Waals surface area contributed by atoms with Gasteiger partial charge < -0.3 is 5.32 Å². The highest BCUT2D eigenvalue weighted by Crippen LogP contribution is 2.42. The van der Waals surface area contributed by atoms with Crippen LogP contribution in [0.2, 0.25) is 0 Å².